The lowest BCUT2D eigenvalue weighted by Gasteiger charge is -2.32. The Morgan fingerprint density at radius 1 is 1.19 bits per heavy atom. The van der Waals surface area contributed by atoms with E-state index in [4.69, 9.17) is 9.31 Å². The Morgan fingerprint density at radius 2 is 1.81 bits per heavy atom. The van der Waals surface area contributed by atoms with Crippen molar-refractivity contribution >= 4 is 18.5 Å². The van der Waals surface area contributed by atoms with E-state index in [-0.39, 0.29) is 18.3 Å². The van der Waals surface area contributed by atoms with Gasteiger partial charge in [0.05, 0.1) is 11.2 Å². The summed E-state index contributed by atoms with van der Waals surface area (Å²) in [7, 11) is -0.0629. The molecule has 0 aromatic carbocycles. The second-order valence-corrected chi connectivity index (χ2v) is 6.34. The zero-order valence-electron chi connectivity index (χ0n) is 10.4. The molecular formula is C12H19BO2S. The van der Waals surface area contributed by atoms with E-state index in [1.165, 1.54) is 4.88 Å². The van der Waals surface area contributed by atoms with E-state index in [9.17, 15) is 0 Å². The van der Waals surface area contributed by atoms with Crippen molar-refractivity contribution in [1.82, 2.24) is 0 Å². The normalized spacial score (nSPS) is 22.6. The van der Waals surface area contributed by atoms with Gasteiger partial charge in [-0.25, -0.2) is 0 Å². The highest BCUT2D eigenvalue weighted by atomic mass is 32.1. The lowest BCUT2D eigenvalue weighted by molar-refractivity contribution is 0.00578. The SMILES string of the molecule is CC1(C)OB(CCc2cccs2)OC1(C)C. The maximum absolute atomic E-state index is 5.94. The van der Waals surface area contributed by atoms with Crippen molar-refractivity contribution in [3.05, 3.63) is 22.4 Å². The first kappa shape index (κ1) is 12.2. The van der Waals surface area contributed by atoms with Gasteiger partial charge in [0.1, 0.15) is 0 Å². The topological polar surface area (TPSA) is 18.5 Å². The molecule has 0 radical (unpaired) electrons. The second kappa shape index (κ2) is 4.17. The molecule has 0 atom stereocenters. The van der Waals surface area contributed by atoms with Crippen LogP contribution in [-0.4, -0.2) is 18.3 Å². The van der Waals surface area contributed by atoms with Crippen molar-refractivity contribution in [3.8, 4) is 0 Å². The minimum absolute atomic E-state index is 0.0629. The average molecular weight is 238 g/mol. The molecule has 1 aromatic rings. The number of thiophene rings is 1. The first-order valence-corrected chi connectivity index (χ1v) is 6.67. The number of rotatable bonds is 3. The zero-order valence-corrected chi connectivity index (χ0v) is 11.3. The summed E-state index contributed by atoms with van der Waals surface area (Å²) in [6.45, 7) is 8.38. The van der Waals surface area contributed by atoms with Gasteiger partial charge in [0.2, 0.25) is 0 Å². The fourth-order valence-electron chi connectivity index (χ4n) is 1.80. The lowest BCUT2D eigenvalue weighted by atomic mass is 9.83. The van der Waals surface area contributed by atoms with E-state index in [2.05, 4.69) is 45.2 Å². The molecule has 1 aliphatic rings. The molecule has 1 saturated heterocycles. The third-order valence-electron chi connectivity index (χ3n) is 3.51. The summed E-state index contributed by atoms with van der Waals surface area (Å²) in [5.74, 6) is 0. The van der Waals surface area contributed by atoms with E-state index >= 15 is 0 Å². The summed E-state index contributed by atoms with van der Waals surface area (Å²) < 4.78 is 11.9. The number of hydrogen-bond acceptors (Lipinski definition) is 3. The van der Waals surface area contributed by atoms with Crippen LogP contribution in [0.2, 0.25) is 6.32 Å². The van der Waals surface area contributed by atoms with Crippen LogP contribution in [0.4, 0.5) is 0 Å². The number of aryl methyl sites for hydroxylation is 1. The summed E-state index contributed by atoms with van der Waals surface area (Å²) in [5, 5.41) is 2.11. The predicted molar refractivity (Wildman–Crippen MR) is 68.9 cm³/mol. The Morgan fingerprint density at radius 3 is 2.31 bits per heavy atom. The van der Waals surface area contributed by atoms with Crippen molar-refractivity contribution in [2.45, 2.75) is 51.6 Å². The third-order valence-corrected chi connectivity index (χ3v) is 4.44. The molecule has 16 heavy (non-hydrogen) atoms. The van der Waals surface area contributed by atoms with Crippen LogP contribution in [0.25, 0.3) is 0 Å². The fourth-order valence-corrected chi connectivity index (χ4v) is 2.52. The van der Waals surface area contributed by atoms with Crippen LogP contribution < -0.4 is 0 Å². The molecule has 0 N–H and O–H groups in total. The first-order chi connectivity index (χ1) is 7.41. The van der Waals surface area contributed by atoms with Gasteiger partial charge in [0.25, 0.3) is 0 Å². The largest absolute Gasteiger partial charge is 0.458 e. The molecule has 0 saturated carbocycles. The Kier molecular flexibility index (Phi) is 3.17. The summed E-state index contributed by atoms with van der Waals surface area (Å²) in [5.41, 5.74) is -0.403. The van der Waals surface area contributed by atoms with E-state index in [0.29, 0.717) is 0 Å². The molecule has 1 aromatic heterocycles. The highest BCUT2D eigenvalue weighted by Gasteiger charge is 2.50. The predicted octanol–water partition coefficient (Wildman–Crippen LogP) is 3.38. The van der Waals surface area contributed by atoms with E-state index in [1.807, 2.05) is 0 Å². The van der Waals surface area contributed by atoms with Gasteiger partial charge in [0, 0.05) is 4.88 Å². The molecular weight excluding hydrogens is 219 g/mol. The minimum Gasteiger partial charge on any atom is -0.403 e. The molecule has 2 nitrogen and oxygen atoms in total. The molecule has 2 heterocycles. The maximum Gasteiger partial charge on any atom is 0.458 e. The fraction of sp³-hybridized carbons (Fsp3) is 0.667. The molecule has 0 amide bonds. The van der Waals surface area contributed by atoms with Gasteiger partial charge in [0.15, 0.2) is 0 Å². The zero-order chi connectivity index (χ0) is 11.8. The van der Waals surface area contributed by atoms with Gasteiger partial charge in [-0.1, -0.05) is 6.07 Å². The second-order valence-electron chi connectivity index (χ2n) is 5.30. The van der Waals surface area contributed by atoms with Crippen LogP contribution in [-0.2, 0) is 15.7 Å². The Hall–Kier alpha value is -0.315. The Bertz CT molecular complexity index is 330. The quantitative estimate of drug-likeness (QED) is 0.751. The molecule has 4 heteroatoms. The van der Waals surface area contributed by atoms with Gasteiger partial charge in [-0.15, -0.1) is 11.3 Å². The molecule has 1 fully saturated rings. The molecule has 0 spiro atoms. The van der Waals surface area contributed by atoms with Crippen LogP contribution >= 0.6 is 11.3 Å². The summed E-state index contributed by atoms with van der Waals surface area (Å²) in [6.07, 6.45) is 1.97. The highest BCUT2D eigenvalue weighted by molar-refractivity contribution is 7.09. The third kappa shape index (κ3) is 2.34. The standard InChI is InChI=1S/C12H19BO2S/c1-11(2)12(3,4)15-13(14-11)8-7-10-6-5-9-16-10/h5-6,9H,7-8H2,1-4H3. The van der Waals surface area contributed by atoms with Crippen molar-refractivity contribution < 1.29 is 9.31 Å². The van der Waals surface area contributed by atoms with Crippen LogP contribution in [0.1, 0.15) is 32.6 Å². The van der Waals surface area contributed by atoms with E-state index in [1.54, 1.807) is 11.3 Å². The monoisotopic (exact) mass is 238 g/mol. The van der Waals surface area contributed by atoms with E-state index < -0.39 is 0 Å². The molecule has 88 valence electrons. The minimum atomic E-state index is -0.201. The van der Waals surface area contributed by atoms with Crippen LogP contribution in [0, 0.1) is 0 Å². The lowest BCUT2D eigenvalue weighted by Crippen LogP contribution is -2.41. The van der Waals surface area contributed by atoms with Gasteiger partial charge in [-0.05, 0) is 51.9 Å². The highest BCUT2D eigenvalue weighted by Crippen LogP contribution is 2.38. The summed E-state index contributed by atoms with van der Waals surface area (Å²) >= 11 is 1.79. The number of hydrogen-bond donors (Lipinski definition) is 0. The van der Waals surface area contributed by atoms with Crippen molar-refractivity contribution in [1.29, 1.82) is 0 Å². The van der Waals surface area contributed by atoms with Crippen LogP contribution in [0.15, 0.2) is 17.5 Å². The van der Waals surface area contributed by atoms with Gasteiger partial charge < -0.3 is 9.31 Å². The van der Waals surface area contributed by atoms with Gasteiger partial charge >= 0.3 is 7.12 Å². The van der Waals surface area contributed by atoms with Crippen LogP contribution in [0.3, 0.4) is 0 Å². The molecule has 0 unspecified atom stereocenters. The van der Waals surface area contributed by atoms with Gasteiger partial charge in [-0.2, -0.15) is 0 Å². The Labute approximate surface area is 102 Å². The smallest absolute Gasteiger partial charge is 0.403 e. The summed E-state index contributed by atoms with van der Waals surface area (Å²) in [4.78, 5) is 1.40. The van der Waals surface area contributed by atoms with Crippen molar-refractivity contribution in [2.24, 2.45) is 0 Å². The van der Waals surface area contributed by atoms with Crippen LogP contribution in [0.5, 0.6) is 0 Å². The first-order valence-electron chi connectivity index (χ1n) is 5.79. The Balaban J connectivity index is 1.90. The average Bonchev–Trinajstić information content (AvgIpc) is 2.70. The molecule has 0 aliphatic carbocycles. The van der Waals surface area contributed by atoms with E-state index in [0.717, 1.165) is 12.7 Å². The molecule has 2 rings (SSSR count). The summed E-state index contributed by atoms with van der Waals surface area (Å²) in [6, 6.07) is 4.25. The van der Waals surface area contributed by atoms with Crippen molar-refractivity contribution in [3.63, 3.8) is 0 Å². The van der Waals surface area contributed by atoms with Crippen molar-refractivity contribution in [2.75, 3.05) is 0 Å². The molecule has 0 bridgehead atoms. The van der Waals surface area contributed by atoms with Gasteiger partial charge in [-0.3, -0.25) is 0 Å². The molecule has 1 aliphatic heterocycles. The maximum atomic E-state index is 5.94.